The van der Waals surface area contributed by atoms with Gasteiger partial charge in [-0.15, -0.1) is 10.8 Å². The van der Waals surface area contributed by atoms with E-state index in [0.717, 1.165) is 0 Å². The van der Waals surface area contributed by atoms with E-state index in [1.807, 2.05) is 34.6 Å². The van der Waals surface area contributed by atoms with Gasteiger partial charge in [0.05, 0.1) is 11.5 Å². The molecular formula is C11H26N2O2S. The van der Waals surface area contributed by atoms with Crippen molar-refractivity contribution in [3.63, 3.8) is 0 Å². The lowest BCUT2D eigenvalue weighted by Crippen LogP contribution is -2.26. The van der Waals surface area contributed by atoms with Crippen LogP contribution in [0.1, 0.15) is 41.0 Å². The van der Waals surface area contributed by atoms with Gasteiger partial charge in [0.1, 0.15) is 0 Å². The Morgan fingerprint density at radius 1 is 1.25 bits per heavy atom. The third-order valence-corrected chi connectivity index (χ3v) is 3.49. The van der Waals surface area contributed by atoms with Gasteiger partial charge in [-0.3, -0.25) is 9.11 Å². The van der Waals surface area contributed by atoms with Crippen molar-refractivity contribution in [2.45, 2.75) is 41.0 Å². The van der Waals surface area contributed by atoms with Crippen LogP contribution < -0.4 is 0 Å². The van der Waals surface area contributed by atoms with Crippen molar-refractivity contribution in [3.8, 4) is 6.07 Å². The molecule has 2 N–H and O–H groups in total. The molecule has 1 saturated heterocycles. The highest BCUT2D eigenvalue weighted by atomic mass is 32.3. The van der Waals surface area contributed by atoms with Crippen LogP contribution in [0.15, 0.2) is 0 Å². The maximum Gasteiger partial charge on any atom is 0.0702 e. The number of hydrogen-bond donors (Lipinski definition) is 2. The molecule has 1 heterocycles. The molecule has 0 amide bonds. The Morgan fingerprint density at radius 3 is 1.88 bits per heavy atom. The van der Waals surface area contributed by atoms with Crippen LogP contribution in [0.25, 0.3) is 0 Å². The monoisotopic (exact) mass is 250 g/mol. The third kappa shape index (κ3) is 5.71. The SMILES string of the molecule is CC.CC.CC1(C#N)CCN(S(C)(O)O)C1. The van der Waals surface area contributed by atoms with E-state index >= 15 is 0 Å². The van der Waals surface area contributed by atoms with Crippen molar-refractivity contribution in [1.82, 2.24) is 4.31 Å². The maximum absolute atomic E-state index is 9.30. The lowest BCUT2D eigenvalue weighted by molar-refractivity contribution is 0.372. The molecule has 1 aliphatic heterocycles. The number of rotatable bonds is 1. The van der Waals surface area contributed by atoms with Crippen molar-refractivity contribution in [3.05, 3.63) is 0 Å². The Morgan fingerprint density at radius 2 is 1.69 bits per heavy atom. The molecule has 1 unspecified atom stereocenters. The smallest absolute Gasteiger partial charge is 0.0702 e. The second-order valence-corrected chi connectivity index (χ2v) is 5.68. The van der Waals surface area contributed by atoms with Gasteiger partial charge in [0.2, 0.25) is 0 Å². The van der Waals surface area contributed by atoms with E-state index in [1.54, 1.807) is 4.31 Å². The van der Waals surface area contributed by atoms with E-state index in [1.165, 1.54) is 6.26 Å². The normalized spacial score (nSPS) is 25.7. The molecule has 0 aromatic heterocycles. The van der Waals surface area contributed by atoms with Gasteiger partial charge < -0.3 is 0 Å². The molecule has 0 spiro atoms. The zero-order valence-electron chi connectivity index (χ0n) is 11.3. The van der Waals surface area contributed by atoms with Crippen LogP contribution in [0, 0.1) is 16.7 Å². The molecule has 1 fully saturated rings. The molecule has 0 aromatic carbocycles. The zero-order chi connectivity index (χ0) is 13.4. The first-order valence-corrected chi connectivity index (χ1v) is 7.68. The summed E-state index contributed by atoms with van der Waals surface area (Å²) in [5.74, 6) is 0. The topological polar surface area (TPSA) is 67.5 Å². The summed E-state index contributed by atoms with van der Waals surface area (Å²) < 4.78 is 20.2. The van der Waals surface area contributed by atoms with Crippen LogP contribution in [0.2, 0.25) is 0 Å². The molecule has 1 rings (SSSR count). The summed E-state index contributed by atoms with van der Waals surface area (Å²) in [7, 11) is -2.60. The molecule has 16 heavy (non-hydrogen) atoms. The Balaban J connectivity index is 0. The van der Waals surface area contributed by atoms with Gasteiger partial charge >= 0.3 is 0 Å². The van der Waals surface area contributed by atoms with Gasteiger partial charge in [0, 0.05) is 19.3 Å². The van der Waals surface area contributed by atoms with Gasteiger partial charge in [-0.05, 0) is 13.3 Å². The second-order valence-electron chi connectivity index (χ2n) is 3.58. The zero-order valence-corrected chi connectivity index (χ0v) is 12.1. The van der Waals surface area contributed by atoms with E-state index in [0.29, 0.717) is 19.5 Å². The summed E-state index contributed by atoms with van der Waals surface area (Å²) in [6.45, 7) is 10.9. The van der Waals surface area contributed by atoms with Crippen LogP contribution in [0.3, 0.4) is 0 Å². The predicted molar refractivity (Wildman–Crippen MR) is 71.4 cm³/mol. The fourth-order valence-corrected chi connectivity index (χ4v) is 2.27. The Bertz CT molecular complexity index is 223. The molecule has 0 saturated carbocycles. The Hall–Kier alpha value is -0.280. The summed E-state index contributed by atoms with van der Waals surface area (Å²) in [5, 5.41) is 8.78. The second kappa shape index (κ2) is 7.91. The Labute approximate surface area is 102 Å². The molecule has 98 valence electrons. The lowest BCUT2D eigenvalue weighted by Gasteiger charge is -2.37. The van der Waals surface area contributed by atoms with E-state index in [4.69, 9.17) is 5.26 Å². The molecule has 1 atom stereocenters. The first-order chi connectivity index (χ1) is 7.37. The molecular weight excluding hydrogens is 224 g/mol. The van der Waals surface area contributed by atoms with E-state index in [-0.39, 0.29) is 0 Å². The minimum atomic E-state index is -2.60. The summed E-state index contributed by atoms with van der Waals surface area (Å²) in [5.41, 5.74) is -0.403. The van der Waals surface area contributed by atoms with Crippen LogP contribution in [0.5, 0.6) is 0 Å². The molecule has 4 nitrogen and oxygen atoms in total. The summed E-state index contributed by atoms with van der Waals surface area (Å²) in [6, 6.07) is 2.19. The summed E-state index contributed by atoms with van der Waals surface area (Å²) >= 11 is 0. The quantitative estimate of drug-likeness (QED) is 0.746. The maximum atomic E-state index is 9.30. The summed E-state index contributed by atoms with van der Waals surface area (Å²) in [6.07, 6.45) is 2.11. The first-order valence-electron chi connectivity index (χ1n) is 5.77. The van der Waals surface area contributed by atoms with Gasteiger partial charge in [-0.25, -0.2) is 4.31 Å². The molecule has 0 aromatic rings. The number of hydrogen-bond acceptors (Lipinski definition) is 4. The summed E-state index contributed by atoms with van der Waals surface area (Å²) in [4.78, 5) is 0. The Kier molecular flexibility index (Phi) is 8.94. The molecule has 5 heteroatoms. The van der Waals surface area contributed by atoms with Crippen LogP contribution in [-0.2, 0) is 0 Å². The first kappa shape index (κ1) is 18.1. The fourth-order valence-electron chi connectivity index (χ4n) is 1.31. The molecule has 0 bridgehead atoms. The lowest BCUT2D eigenvalue weighted by atomic mass is 9.92. The van der Waals surface area contributed by atoms with E-state index < -0.39 is 16.2 Å². The highest BCUT2D eigenvalue weighted by Gasteiger charge is 2.37. The highest BCUT2D eigenvalue weighted by molar-refractivity contribution is 8.21. The average molecular weight is 250 g/mol. The van der Waals surface area contributed by atoms with E-state index in [9.17, 15) is 9.11 Å². The minimum absolute atomic E-state index is 0.403. The van der Waals surface area contributed by atoms with Crippen molar-refractivity contribution in [1.29, 1.82) is 5.26 Å². The van der Waals surface area contributed by atoms with Crippen molar-refractivity contribution in [2.75, 3.05) is 19.3 Å². The molecule has 0 radical (unpaired) electrons. The van der Waals surface area contributed by atoms with Crippen molar-refractivity contribution >= 4 is 10.8 Å². The van der Waals surface area contributed by atoms with Crippen LogP contribution in [-0.4, -0.2) is 32.8 Å². The van der Waals surface area contributed by atoms with Gasteiger partial charge in [0.15, 0.2) is 0 Å². The standard InChI is InChI=1S/C7H14N2O2S.2C2H6/c1-7(5-8)3-4-9(6-7)12(2,10)11;2*1-2/h10-11H,3-4,6H2,1-2H3;2*1-2H3. The van der Waals surface area contributed by atoms with Gasteiger partial charge in [0.25, 0.3) is 0 Å². The highest BCUT2D eigenvalue weighted by Crippen LogP contribution is 2.45. The molecule has 0 aliphatic carbocycles. The average Bonchev–Trinajstić information content (AvgIpc) is 2.68. The number of nitriles is 1. The fraction of sp³-hybridized carbons (Fsp3) is 0.909. The van der Waals surface area contributed by atoms with Crippen LogP contribution >= 0.6 is 10.8 Å². The van der Waals surface area contributed by atoms with Crippen molar-refractivity contribution in [2.24, 2.45) is 5.41 Å². The largest absolute Gasteiger partial charge is 0.286 e. The van der Waals surface area contributed by atoms with Crippen molar-refractivity contribution < 1.29 is 9.11 Å². The molecule has 1 aliphatic rings. The van der Waals surface area contributed by atoms with Gasteiger partial charge in [-0.2, -0.15) is 5.26 Å². The third-order valence-electron chi connectivity index (χ3n) is 2.20. The van der Waals surface area contributed by atoms with Crippen LogP contribution in [0.4, 0.5) is 0 Å². The van der Waals surface area contributed by atoms with E-state index in [2.05, 4.69) is 6.07 Å². The van der Waals surface area contributed by atoms with Gasteiger partial charge in [-0.1, -0.05) is 27.7 Å². The predicted octanol–water partition coefficient (Wildman–Crippen LogP) is 3.57. The number of nitrogens with zero attached hydrogens (tertiary/aromatic N) is 2. The minimum Gasteiger partial charge on any atom is -0.286 e.